The summed E-state index contributed by atoms with van der Waals surface area (Å²) in [5.41, 5.74) is -4.42. The highest BCUT2D eigenvalue weighted by molar-refractivity contribution is 5.35. The van der Waals surface area contributed by atoms with E-state index in [-0.39, 0.29) is 12.8 Å². The molecule has 2 spiro atoms. The van der Waals surface area contributed by atoms with Crippen LogP contribution in [0.5, 0.6) is 0 Å². The van der Waals surface area contributed by atoms with E-state index in [9.17, 15) is 27.8 Å². The van der Waals surface area contributed by atoms with Gasteiger partial charge in [0.2, 0.25) is 0 Å². The lowest BCUT2D eigenvalue weighted by Crippen LogP contribution is -2.46. The smallest absolute Gasteiger partial charge is 0.260 e. The maximum Gasteiger partial charge on any atom is 0.260 e. The summed E-state index contributed by atoms with van der Waals surface area (Å²) >= 11 is 0. The van der Waals surface area contributed by atoms with Crippen molar-refractivity contribution in [3.8, 4) is 0 Å². The standard InChI is InChI=1S/C14H20F4O2/c1-10(2)11(8(6-19)13(11,15)16)4-3-5-12(10)9(7-20)14(12,17)18/h8-9,19-20H,3-7H2,1-2H3/t8-,9+,11?,12?. The van der Waals surface area contributed by atoms with Crippen LogP contribution >= 0.6 is 0 Å². The molecule has 0 saturated heterocycles. The molecule has 3 saturated carbocycles. The maximum absolute atomic E-state index is 14.2. The first-order valence-electron chi connectivity index (χ1n) is 7.07. The minimum absolute atomic E-state index is 0.161. The van der Waals surface area contributed by atoms with Crippen LogP contribution in [-0.2, 0) is 0 Å². The largest absolute Gasteiger partial charge is 0.396 e. The van der Waals surface area contributed by atoms with Crippen LogP contribution in [0.3, 0.4) is 0 Å². The van der Waals surface area contributed by atoms with Gasteiger partial charge in [-0.2, -0.15) is 0 Å². The molecule has 3 aliphatic rings. The Bertz CT molecular complexity index is 412. The zero-order valence-electron chi connectivity index (χ0n) is 11.6. The monoisotopic (exact) mass is 296 g/mol. The van der Waals surface area contributed by atoms with Crippen molar-refractivity contribution < 1.29 is 27.8 Å². The van der Waals surface area contributed by atoms with E-state index in [1.165, 1.54) is 13.8 Å². The Morgan fingerprint density at radius 2 is 1.20 bits per heavy atom. The van der Waals surface area contributed by atoms with Gasteiger partial charge in [0, 0.05) is 0 Å². The molecule has 0 aromatic heterocycles. The molecule has 4 atom stereocenters. The number of halogens is 4. The first-order valence-corrected chi connectivity index (χ1v) is 7.07. The third kappa shape index (κ3) is 1.07. The van der Waals surface area contributed by atoms with Crippen molar-refractivity contribution in [1.29, 1.82) is 0 Å². The van der Waals surface area contributed by atoms with Crippen molar-refractivity contribution in [3.63, 3.8) is 0 Å². The van der Waals surface area contributed by atoms with Crippen LogP contribution in [0.25, 0.3) is 0 Å². The Hall–Kier alpha value is -0.360. The molecule has 0 heterocycles. The maximum atomic E-state index is 14.2. The zero-order chi connectivity index (χ0) is 15.2. The van der Waals surface area contributed by atoms with Crippen molar-refractivity contribution >= 4 is 0 Å². The van der Waals surface area contributed by atoms with Gasteiger partial charge < -0.3 is 10.2 Å². The summed E-state index contributed by atoms with van der Waals surface area (Å²) < 4.78 is 56.9. The third-order valence-electron chi connectivity index (χ3n) is 6.83. The minimum atomic E-state index is -3.10. The van der Waals surface area contributed by atoms with E-state index < -0.39 is 53.1 Å². The second kappa shape index (κ2) is 3.51. The lowest BCUT2D eigenvalue weighted by Gasteiger charge is -2.47. The van der Waals surface area contributed by atoms with Gasteiger partial charge in [-0.25, -0.2) is 17.6 Å². The lowest BCUT2D eigenvalue weighted by molar-refractivity contribution is -0.103. The molecule has 2 unspecified atom stereocenters. The van der Waals surface area contributed by atoms with E-state index in [0.29, 0.717) is 6.42 Å². The summed E-state index contributed by atoms with van der Waals surface area (Å²) in [7, 11) is 0. The molecule has 3 fully saturated rings. The Balaban J connectivity index is 2.07. The second-order valence-corrected chi connectivity index (χ2v) is 7.14. The Morgan fingerprint density at radius 3 is 1.45 bits per heavy atom. The molecule has 3 aliphatic carbocycles. The van der Waals surface area contributed by atoms with Crippen LogP contribution in [0.4, 0.5) is 17.6 Å². The van der Waals surface area contributed by atoms with E-state index in [1.807, 2.05) is 0 Å². The fourth-order valence-corrected chi connectivity index (χ4v) is 5.66. The minimum Gasteiger partial charge on any atom is -0.396 e. The predicted octanol–water partition coefficient (Wildman–Crippen LogP) is 2.68. The number of hydrogen-bond donors (Lipinski definition) is 2. The highest BCUT2D eigenvalue weighted by Crippen LogP contribution is 2.89. The van der Waals surface area contributed by atoms with Gasteiger partial charge in [0.15, 0.2) is 0 Å². The molecule has 116 valence electrons. The SMILES string of the molecule is CC1(C)C2(CCCC13[C@@H](CO)C3(F)F)[C@H](CO)C2(F)F. The summed E-state index contributed by atoms with van der Waals surface area (Å²) in [4.78, 5) is 0. The molecule has 2 N–H and O–H groups in total. The summed E-state index contributed by atoms with van der Waals surface area (Å²) in [6.07, 6.45) is 0.615. The van der Waals surface area contributed by atoms with Crippen LogP contribution in [0, 0.1) is 28.1 Å². The summed E-state index contributed by atoms with van der Waals surface area (Å²) in [5, 5.41) is 18.4. The molecule has 0 amide bonds. The molecule has 0 aromatic rings. The highest BCUT2D eigenvalue weighted by atomic mass is 19.3. The average molecular weight is 296 g/mol. The lowest BCUT2D eigenvalue weighted by atomic mass is 9.55. The molecule has 3 rings (SSSR count). The number of aliphatic hydroxyl groups is 2. The van der Waals surface area contributed by atoms with Gasteiger partial charge in [-0.3, -0.25) is 0 Å². The molecular formula is C14H20F4O2. The van der Waals surface area contributed by atoms with E-state index in [0.717, 1.165) is 0 Å². The fourth-order valence-electron chi connectivity index (χ4n) is 5.66. The van der Waals surface area contributed by atoms with E-state index in [4.69, 9.17) is 0 Å². The van der Waals surface area contributed by atoms with Crippen molar-refractivity contribution in [2.75, 3.05) is 13.2 Å². The van der Waals surface area contributed by atoms with Crippen molar-refractivity contribution in [1.82, 2.24) is 0 Å². The first-order chi connectivity index (χ1) is 9.09. The number of rotatable bonds is 2. The molecule has 0 aromatic carbocycles. The van der Waals surface area contributed by atoms with E-state index in [2.05, 4.69) is 0 Å². The normalized spacial score (nSPS) is 50.4. The quantitative estimate of drug-likeness (QED) is 0.769. The fraction of sp³-hybridized carbons (Fsp3) is 1.00. The molecule has 20 heavy (non-hydrogen) atoms. The van der Waals surface area contributed by atoms with Gasteiger partial charge in [0.05, 0.1) is 35.9 Å². The Morgan fingerprint density at radius 1 is 0.850 bits per heavy atom. The average Bonchev–Trinajstić information content (AvgIpc) is 3.02. The van der Waals surface area contributed by atoms with Gasteiger partial charge in [0.25, 0.3) is 11.8 Å². The van der Waals surface area contributed by atoms with Gasteiger partial charge in [-0.05, 0) is 18.3 Å². The van der Waals surface area contributed by atoms with Crippen molar-refractivity contribution in [2.24, 2.45) is 28.1 Å². The van der Waals surface area contributed by atoms with Crippen LogP contribution in [-0.4, -0.2) is 35.3 Å². The molecule has 6 heteroatoms. The van der Waals surface area contributed by atoms with Gasteiger partial charge in [-0.15, -0.1) is 0 Å². The highest BCUT2D eigenvalue weighted by Gasteiger charge is 2.95. The van der Waals surface area contributed by atoms with Crippen LogP contribution < -0.4 is 0 Å². The van der Waals surface area contributed by atoms with Gasteiger partial charge in [0.1, 0.15) is 0 Å². The van der Waals surface area contributed by atoms with E-state index >= 15 is 0 Å². The van der Waals surface area contributed by atoms with E-state index in [1.54, 1.807) is 0 Å². The number of hydrogen-bond acceptors (Lipinski definition) is 2. The molecule has 0 aliphatic heterocycles. The van der Waals surface area contributed by atoms with Crippen molar-refractivity contribution in [2.45, 2.75) is 45.0 Å². The van der Waals surface area contributed by atoms with Crippen molar-refractivity contribution in [3.05, 3.63) is 0 Å². The zero-order valence-corrected chi connectivity index (χ0v) is 11.6. The molecule has 0 radical (unpaired) electrons. The first kappa shape index (κ1) is 14.6. The molecular weight excluding hydrogens is 276 g/mol. The predicted molar refractivity (Wildman–Crippen MR) is 63.5 cm³/mol. The van der Waals surface area contributed by atoms with Crippen LogP contribution in [0.15, 0.2) is 0 Å². The number of alkyl halides is 4. The van der Waals surface area contributed by atoms with Gasteiger partial charge in [-0.1, -0.05) is 20.3 Å². The Labute approximate surface area is 115 Å². The number of aliphatic hydroxyl groups excluding tert-OH is 2. The van der Waals surface area contributed by atoms with Crippen LogP contribution in [0.1, 0.15) is 33.1 Å². The Kier molecular flexibility index (Phi) is 2.56. The topological polar surface area (TPSA) is 40.5 Å². The summed E-state index contributed by atoms with van der Waals surface area (Å²) in [6.45, 7) is 1.59. The summed E-state index contributed by atoms with van der Waals surface area (Å²) in [6, 6.07) is 0. The molecule has 0 bridgehead atoms. The third-order valence-corrected chi connectivity index (χ3v) is 6.83. The van der Waals surface area contributed by atoms with Gasteiger partial charge >= 0.3 is 0 Å². The summed E-state index contributed by atoms with van der Waals surface area (Å²) in [5.74, 6) is -8.68. The van der Waals surface area contributed by atoms with Crippen LogP contribution in [0.2, 0.25) is 0 Å². The second-order valence-electron chi connectivity index (χ2n) is 7.14. The molecule has 2 nitrogen and oxygen atoms in total.